The molecule has 0 aliphatic rings. The zero-order valence-corrected chi connectivity index (χ0v) is 15.8. The summed E-state index contributed by atoms with van der Waals surface area (Å²) in [5.41, 5.74) is 3.40. The van der Waals surface area contributed by atoms with Crippen LogP contribution < -0.4 is 10.6 Å². The Labute approximate surface area is 155 Å². The first kappa shape index (κ1) is 19.3. The topological polar surface area (TPSA) is 44.4 Å². The standard InChI is InChI=1S/C20H26ClN3O/c1-4-19(15-9-11-18(21)12-10-15)23-20(25)22-13-16-7-5-6-8-17(16)14-24(2)3/h5-12,19H,4,13-14H2,1-3H3,(H2,22,23,25). The number of carbonyl (C=O) groups is 1. The molecule has 0 bridgehead atoms. The number of halogens is 1. The molecule has 0 spiro atoms. The Morgan fingerprint density at radius 1 is 1.08 bits per heavy atom. The van der Waals surface area contributed by atoms with Crippen LogP contribution in [-0.4, -0.2) is 25.0 Å². The molecule has 2 aromatic carbocycles. The largest absolute Gasteiger partial charge is 0.334 e. The van der Waals surface area contributed by atoms with Gasteiger partial charge in [0.05, 0.1) is 6.04 Å². The Morgan fingerprint density at radius 3 is 2.32 bits per heavy atom. The number of hydrogen-bond donors (Lipinski definition) is 2. The minimum Gasteiger partial charge on any atom is -0.334 e. The van der Waals surface area contributed by atoms with Gasteiger partial charge in [-0.15, -0.1) is 0 Å². The van der Waals surface area contributed by atoms with E-state index in [9.17, 15) is 4.79 Å². The van der Waals surface area contributed by atoms with E-state index < -0.39 is 0 Å². The minimum atomic E-state index is -0.165. The maximum atomic E-state index is 12.3. The van der Waals surface area contributed by atoms with Crippen LogP contribution in [0, 0.1) is 0 Å². The van der Waals surface area contributed by atoms with E-state index >= 15 is 0 Å². The first-order valence-corrected chi connectivity index (χ1v) is 8.88. The molecule has 0 aliphatic heterocycles. The summed E-state index contributed by atoms with van der Waals surface area (Å²) in [5.74, 6) is 0. The van der Waals surface area contributed by atoms with E-state index in [1.54, 1.807) is 0 Å². The molecule has 5 heteroatoms. The van der Waals surface area contributed by atoms with Crippen molar-refractivity contribution in [2.45, 2.75) is 32.5 Å². The van der Waals surface area contributed by atoms with Crippen molar-refractivity contribution in [1.29, 1.82) is 0 Å². The highest BCUT2D eigenvalue weighted by Crippen LogP contribution is 2.19. The predicted octanol–water partition coefficient (Wildman–Crippen LogP) is 4.35. The van der Waals surface area contributed by atoms with Gasteiger partial charge in [0.25, 0.3) is 0 Å². The second-order valence-corrected chi connectivity index (χ2v) is 6.78. The molecule has 2 rings (SSSR count). The van der Waals surface area contributed by atoms with Crippen molar-refractivity contribution in [1.82, 2.24) is 15.5 Å². The average Bonchev–Trinajstić information content (AvgIpc) is 2.59. The SMILES string of the molecule is CCC(NC(=O)NCc1ccccc1CN(C)C)c1ccc(Cl)cc1. The molecule has 0 radical (unpaired) electrons. The second-order valence-electron chi connectivity index (χ2n) is 6.35. The van der Waals surface area contributed by atoms with Crippen LogP contribution in [0.5, 0.6) is 0 Å². The van der Waals surface area contributed by atoms with Gasteiger partial charge < -0.3 is 15.5 Å². The zero-order chi connectivity index (χ0) is 18.2. The van der Waals surface area contributed by atoms with E-state index in [1.165, 1.54) is 5.56 Å². The molecule has 0 saturated carbocycles. The van der Waals surface area contributed by atoms with Crippen LogP contribution in [0.4, 0.5) is 4.79 Å². The molecule has 2 amide bonds. The minimum absolute atomic E-state index is 0.0331. The number of nitrogens with one attached hydrogen (secondary N) is 2. The van der Waals surface area contributed by atoms with Gasteiger partial charge in [-0.05, 0) is 49.3 Å². The molecule has 0 heterocycles. The number of rotatable bonds is 7. The van der Waals surface area contributed by atoms with Gasteiger partial charge in [-0.2, -0.15) is 0 Å². The highest BCUT2D eigenvalue weighted by atomic mass is 35.5. The Hall–Kier alpha value is -2.04. The lowest BCUT2D eigenvalue weighted by Crippen LogP contribution is -2.37. The molecular weight excluding hydrogens is 334 g/mol. The van der Waals surface area contributed by atoms with E-state index in [0.29, 0.717) is 11.6 Å². The van der Waals surface area contributed by atoms with E-state index in [0.717, 1.165) is 24.1 Å². The zero-order valence-electron chi connectivity index (χ0n) is 15.1. The number of nitrogens with zero attached hydrogens (tertiary/aromatic N) is 1. The summed E-state index contributed by atoms with van der Waals surface area (Å²) in [4.78, 5) is 14.4. The average molecular weight is 360 g/mol. The van der Waals surface area contributed by atoms with Crippen molar-refractivity contribution in [3.63, 3.8) is 0 Å². The van der Waals surface area contributed by atoms with Crippen molar-refractivity contribution in [3.8, 4) is 0 Å². The molecule has 2 N–H and O–H groups in total. The number of urea groups is 1. The van der Waals surface area contributed by atoms with Crippen LogP contribution in [-0.2, 0) is 13.1 Å². The van der Waals surface area contributed by atoms with Gasteiger partial charge in [-0.25, -0.2) is 4.79 Å². The molecule has 134 valence electrons. The number of benzene rings is 2. The quantitative estimate of drug-likeness (QED) is 0.771. The third-order valence-corrected chi connectivity index (χ3v) is 4.28. The fourth-order valence-electron chi connectivity index (χ4n) is 2.73. The molecule has 0 saturated heterocycles. The third kappa shape index (κ3) is 6.07. The number of amides is 2. The third-order valence-electron chi connectivity index (χ3n) is 4.03. The van der Waals surface area contributed by atoms with Crippen LogP contribution in [0.25, 0.3) is 0 Å². The summed E-state index contributed by atoms with van der Waals surface area (Å²) in [6, 6.07) is 15.6. The normalized spacial score (nSPS) is 12.0. The molecule has 25 heavy (non-hydrogen) atoms. The van der Waals surface area contributed by atoms with Crippen LogP contribution in [0.1, 0.15) is 36.1 Å². The van der Waals surface area contributed by atoms with Crippen molar-refractivity contribution < 1.29 is 4.79 Å². The highest BCUT2D eigenvalue weighted by molar-refractivity contribution is 6.30. The summed E-state index contributed by atoms with van der Waals surface area (Å²) < 4.78 is 0. The molecule has 0 fully saturated rings. The van der Waals surface area contributed by atoms with Gasteiger partial charge in [0, 0.05) is 18.1 Å². The molecule has 4 nitrogen and oxygen atoms in total. The number of hydrogen-bond acceptors (Lipinski definition) is 2. The van der Waals surface area contributed by atoms with E-state index in [-0.39, 0.29) is 12.1 Å². The first-order chi connectivity index (χ1) is 12.0. The van der Waals surface area contributed by atoms with Crippen LogP contribution in [0.2, 0.25) is 5.02 Å². The lowest BCUT2D eigenvalue weighted by Gasteiger charge is -2.19. The Bertz CT molecular complexity index is 686. The maximum Gasteiger partial charge on any atom is 0.315 e. The summed E-state index contributed by atoms with van der Waals surface area (Å²) in [6.07, 6.45) is 0.812. The summed E-state index contributed by atoms with van der Waals surface area (Å²) in [5, 5.41) is 6.69. The van der Waals surface area contributed by atoms with Gasteiger partial charge in [0.15, 0.2) is 0 Å². The second kappa shape index (κ2) is 9.44. The van der Waals surface area contributed by atoms with Crippen LogP contribution in [0.15, 0.2) is 48.5 Å². The molecule has 1 unspecified atom stereocenters. The van der Waals surface area contributed by atoms with Gasteiger partial charge in [-0.1, -0.05) is 54.9 Å². The highest BCUT2D eigenvalue weighted by Gasteiger charge is 2.13. The van der Waals surface area contributed by atoms with E-state index in [4.69, 9.17) is 11.6 Å². The lowest BCUT2D eigenvalue weighted by atomic mass is 10.0. The molecule has 0 aliphatic carbocycles. The lowest BCUT2D eigenvalue weighted by molar-refractivity contribution is 0.236. The smallest absolute Gasteiger partial charge is 0.315 e. The molecule has 0 aromatic heterocycles. The first-order valence-electron chi connectivity index (χ1n) is 8.51. The summed E-state index contributed by atoms with van der Waals surface area (Å²) >= 11 is 5.93. The predicted molar refractivity (Wildman–Crippen MR) is 104 cm³/mol. The number of carbonyl (C=O) groups excluding carboxylic acids is 1. The molecular formula is C20H26ClN3O. The van der Waals surface area contributed by atoms with Gasteiger partial charge in [0.2, 0.25) is 0 Å². The fraction of sp³-hybridized carbons (Fsp3) is 0.350. The van der Waals surface area contributed by atoms with Gasteiger partial charge in [-0.3, -0.25) is 0 Å². The van der Waals surface area contributed by atoms with Crippen molar-refractivity contribution in [2.75, 3.05) is 14.1 Å². The van der Waals surface area contributed by atoms with E-state index in [2.05, 4.69) is 27.7 Å². The van der Waals surface area contributed by atoms with Gasteiger partial charge >= 0.3 is 6.03 Å². The maximum absolute atomic E-state index is 12.3. The van der Waals surface area contributed by atoms with Crippen molar-refractivity contribution in [3.05, 3.63) is 70.2 Å². The van der Waals surface area contributed by atoms with Crippen LogP contribution >= 0.6 is 11.6 Å². The van der Waals surface area contributed by atoms with Crippen LogP contribution in [0.3, 0.4) is 0 Å². The Morgan fingerprint density at radius 2 is 1.72 bits per heavy atom. The fourth-order valence-corrected chi connectivity index (χ4v) is 2.85. The van der Waals surface area contributed by atoms with E-state index in [1.807, 2.05) is 57.4 Å². The van der Waals surface area contributed by atoms with Crippen molar-refractivity contribution in [2.24, 2.45) is 0 Å². The summed E-state index contributed by atoms with van der Waals surface area (Å²) in [7, 11) is 4.07. The molecule has 2 aromatic rings. The summed E-state index contributed by atoms with van der Waals surface area (Å²) in [6.45, 7) is 3.40. The van der Waals surface area contributed by atoms with Crippen molar-refractivity contribution >= 4 is 17.6 Å². The monoisotopic (exact) mass is 359 g/mol. The van der Waals surface area contributed by atoms with Gasteiger partial charge in [0.1, 0.15) is 0 Å². The molecule has 1 atom stereocenters. The Balaban J connectivity index is 1.95. The Kier molecular flexibility index (Phi) is 7.29.